The van der Waals surface area contributed by atoms with Crippen LogP contribution in [0, 0.1) is 11.8 Å². The highest BCUT2D eigenvalue weighted by Crippen LogP contribution is 2.11. The summed E-state index contributed by atoms with van der Waals surface area (Å²) in [6, 6.07) is 16.2. The van der Waals surface area contributed by atoms with E-state index in [-0.39, 0.29) is 18.4 Å². The molecule has 224 valence electrons. The molecule has 0 spiro atoms. The van der Waals surface area contributed by atoms with E-state index >= 15 is 0 Å². The number of rotatable bonds is 15. The number of carbonyl (C=O) groups excluding carboxylic acids is 3. The third-order valence-electron chi connectivity index (χ3n) is 6.05. The van der Waals surface area contributed by atoms with Gasteiger partial charge in [0.1, 0.15) is 18.7 Å². The monoisotopic (exact) mass is 585 g/mol. The Balaban J connectivity index is 2.15. The van der Waals surface area contributed by atoms with E-state index in [9.17, 15) is 22.8 Å². The van der Waals surface area contributed by atoms with E-state index in [1.54, 1.807) is 0 Å². The molecule has 2 aromatic carbocycles. The molecule has 0 fully saturated rings. The van der Waals surface area contributed by atoms with Crippen LogP contribution in [0.4, 0.5) is 4.79 Å². The first-order valence-electron chi connectivity index (χ1n) is 13.8. The van der Waals surface area contributed by atoms with Gasteiger partial charge in [-0.25, -0.2) is 13.2 Å². The molecule has 2 aromatic rings. The van der Waals surface area contributed by atoms with E-state index in [0.717, 1.165) is 22.8 Å². The number of alkyl carbamates (subject to hydrolysis) is 1. The van der Waals surface area contributed by atoms with Gasteiger partial charge in [-0.2, -0.15) is 0 Å². The predicted octanol–water partition coefficient (Wildman–Crippen LogP) is 4.14. The number of carbonyl (C=O) groups is 3. The molecule has 3 atom stereocenters. The molecule has 3 N–H and O–H groups in total. The lowest BCUT2D eigenvalue weighted by molar-refractivity contribution is -0.130. The van der Waals surface area contributed by atoms with Crippen molar-refractivity contribution in [2.24, 2.45) is 11.8 Å². The first-order chi connectivity index (χ1) is 19.3. The zero-order valence-electron chi connectivity index (χ0n) is 24.5. The molecule has 0 radical (unpaired) electrons. The lowest BCUT2D eigenvalue weighted by Crippen LogP contribution is -2.55. The van der Waals surface area contributed by atoms with Crippen LogP contribution in [-0.4, -0.2) is 50.7 Å². The van der Waals surface area contributed by atoms with Crippen molar-refractivity contribution >= 4 is 27.7 Å². The Morgan fingerprint density at radius 1 is 0.756 bits per heavy atom. The maximum Gasteiger partial charge on any atom is 0.408 e. The van der Waals surface area contributed by atoms with Crippen LogP contribution in [-0.2, 0) is 37.2 Å². The second-order valence-electron chi connectivity index (χ2n) is 11.0. The van der Waals surface area contributed by atoms with Gasteiger partial charge in [0.2, 0.25) is 11.8 Å². The minimum Gasteiger partial charge on any atom is -0.445 e. The van der Waals surface area contributed by atoms with Crippen molar-refractivity contribution in [1.82, 2.24) is 16.0 Å². The molecule has 3 unspecified atom stereocenters. The second-order valence-corrected chi connectivity index (χ2v) is 13.0. The van der Waals surface area contributed by atoms with Crippen molar-refractivity contribution in [3.63, 3.8) is 0 Å². The number of nitrogens with one attached hydrogen (secondary N) is 3. The number of hydrogen-bond donors (Lipinski definition) is 3. The highest BCUT2D eigenvalue weighted by Gasteiger charge is 2.29. The van der Waals surface area contributed by atoms with E-state index in [0.29, 0.717) is 19.3 Å². The first kappa shape index (κ1) is 33.5. The Labute approximate surface area is 244 Å². The summed E-state index contributed by atoms with van der Waals surface area (Å²) in [6.45, 7) is 7.78. The van der Waals surface area contributed by atoms with E-state index in [1.165, 1.54) is 6.08 Å². The molecule has 0 saturated heterocycles. The average Bonchev–Trinajstić information content (AvgIpc) is 2.90. The van der Waals surface area contributed by atoms with Crippen LogP contribution in [0.5, 0.6) is 0 Å². The van der Waals surface area contributed by atoms with Crippen LogP contribution in [0.15, 0.2) is 72.1 Å². The average molecular weight is 586 g/mol. The second kappa shape index (κ2) is 16.6. The topological polar surface area (TPSA) is 131 Å². The number of sulfone groups is 1. The predicted molar refractivity (Wildman–Crippen MR) is 160 cm³/mol. The Morgan fingerprint density at radius 3 is 1.76 bits per heavy atom. The molecule has 0 aliphatic heterocycles. The van der Waals surface area contributed by atoms with Crippen LogP contribution in [0.3, 0.4) is 0 Å². The van der Waals surface area contributed by atoms with Gasteiger partial charge in [-0.1, -0.05) is 94.4 Å². The zero-order chi connectivity index (χ0) is 30.4. The number of amides is 3. The van der Waals surface area contributed by atoms with Crippen molar-refractivity contribution in [3.05, 3.63) is 83.3 Å². The van der Waals surface area contributed by atoms with Gasteiger partial charge in [-0.15, -0.1) is 0 Å². The normalized spacial score (nSPS) is 13.9. The van der Waals surface area contributed by atoms with Gasteiger partial charge in [-0.3, -0.25) is 9.59 Å². The summed E-state index contributed by atoms with van der Waals surface area (Å²) in [6.07, 6.45) is 2.85. The Morgan fingerprint density at radius 2 is 1.24 bits per heavy atom. The molecule has 9 nitrogen and oxygen atoms in total. The van der Waals surface area contributed by atoms with Gasteiger partial charge >= 0.3 is 6.09 Å². The molecule has 2 rings (SSSR count). The first-order valence-corrected chi connectivity index (χ1v) is 15.8. The molecular formula is C31H43N3O6S. The van der Waals surface area contributed by atoms with Crippen molar-refractivity contribution in [2.75, 3.05) is 6.26 Å². The summed E-state index contributed by atoms with van der Waals surface area (Å²) < 4.78 is 28.9. The van der Waals surface area contributed by atoms with Crippen LogP contribution in [0.2, 0.25) is 0 Å². The van der Waals surface area contributed by atoms with Gasteiger partial charge in [-0.05, 0) is 42.2 Å². The zero-order valence-corrected chi connectivity index (χ0v) is 25.3. The summed E-state index contributed by atoms with van der Waals surface area (Å²) in [5.41, 5.74) is 1.73. The van der Waals surface area contributed by atoms with Crippen LogP contribution < -0.4 is 16.0 Å². The van der Waals surface area contributed by atoms with Crippen molar-refractivity contribution in [2.45, 2.75) is 71.7 Å². The molecular weight excluding hydrogens is 542 g/mol. The quantitative estimate of drug-likeness (QED) is 0.288. The molecule has 3 amide bonds. The van der Waals surface area contributed by atoms with Gasteiger partial charge in [0.05, 0.1) is 6.04 Å². The number of ether oxygens (including phenoxy) is 1. The third-order valence-corrected chi connectivity index (χ3v) is 6.70. The largest absolute Gasteiger partial charge is 0.445 e. The minimum absolute atomic E-state index is 0.0604. The molecule has 0 aliphatic rings. The van der Waals surface area contributed by atoms with Gasteiger partial charge in [0.25, 0.3) is 0 Å². The Bertz CT molecular complexity index is 1250. The van der Waals surface area contributed by atoms with Crippen LogP contribution in [0.25, 0.3) is 0 Å². The third kappa shape index (κ3) is 14.0. The summed E-state index contributed by atoms with van der Waals surface area (Å²) >= 11 is 0. The SMILES string of the molecule is CC(C)CC(NC(=O)OCc1ccccc1)C(=O)NC(CC(C)C)C(=O)NC(/C=C/S(C)(=O)=O)Cc1ccccc1. The lowest BCUT2D eigenvalue weighted by Gasteiger charge is -2.26. The summed E-state index contributed by atoms with van der Waals surface area (Å²) in [5, 5.41) is 9.42. The molecule has 0 aromatic heterocycles. The molecule has 10 heteroatoms. The molecule has 0 heterocycles. The number of hydrogen-bond acceptors (Lipinski definition) is 6. The van der Waals surface area contributed by atoms with Crippen LogP contribution in [0.1, 0.15) is 51.7 Å². The van der Waals surface area contributed by atoms with E-state index in [2.05, 4.69) is 16.0 Å². The molecule has 0 bridgehead atoms. The van der Waals surface area contributed by atoms with E-state index < -0.39 is 45.9 Å². The van der Waals surface area contributed by atoms with Crippen LogP contribution >= 0.6 is 0 Å². The highest BCUT2D eigenvalue weighted by molar-refractivity contribution is 7.93. The summed E-state index contributed by atoms with van der Waals surface area (Å²) in [7, 11) is -3.42. The fraction of sp³-hybridized carbons (Fsp3) is 0.452. The standard InChI is InChI=1S/C31H43N3O6S/c1-22(2)18-27(29(35)32-26(16-17-41(5,38)39)20-24-12-8-6-9-13-24)33-30(36)28(19-23(3)4)34-31(37)40-21-25-14-10-7-11-15-25/h6-17,22-23,26-28H,18-21H2,1-5H3,(H,32,35)(H,33,36)(H,34,37)/b17-16+. The van der Waals surface area contributed by atoms with Crippen molar-refractivity contribution < 1.29 is 27.5 Å². The summed E-state index contributed by atoms with van der Waals surface area (Å²) in [4.78, 5) is 39.3. The Hall–Kier alpha value is -3.66. The molecule has 41 heavy (non-hydrogen) atoms. The summed E-state index contributed by atoms with van der Waals surface area (Å²) in [5.74, 6) is -0.796. The highest BCUT2D eigenvalue weighted by atomic mass is 32.2. The molecule has 0 saturated carbocycles. The maximum absolute atomic E-state index is 13.4. The number of benzene rings is 2. The van der Waals surface area contributed by atoms with Gasteiger partial charge in [0.15, 0.2) is 9.84 Å². The Kier molecular flexibility index (Phi) is 13.6. The van der Waals surface area contributed by atoms with Crippen molar-refractivity contribution in [1.29, 1.82) is 0 Å². The minimum atomic E-state index is -3.42. The lowest BCUT2D eigenvalue weighted by atomic mass is 9.99. The fourth-order valence-corrected chi connectivity index (χ4v) is 4.62. The van der Waals surface area contributed by atoms with Crippen molar-refractivity contribution in [3.8, 4) is 0 Å². The smallest absolute Gasteiger partial charge is 0.408 e. The van der Waals surface area contributed by atoms with Gasteiger partial charge in [0, 0.05) is 11.7 Å². The fourth-order valence-electron chi connectivity index (χ4n) is 4.14. The maximum atomic E-state index is 13.4. The molecule has 0 aliphatic carbocycles. The van der Waals surface area contributed by atoms with E-state index in [4.69, 9.17) is 4.74 Å². The van der Waals surface area contributed by atoms with Gasteiger partial charge < -0.3 is 20.7 Å². The van der Waals surface area contributed by atoms with E-state index in [1.807, 2.05) is 88.4 Å².